The number of ether oxygens (including phenoxy) is 1. The third kappa shape index (κ3) is 52.2. The van der Waals surface area contributed by atoms with Gasteiger partial charge in [0.05, 0.1) is 25.4 Å². The second-order valence-electron chi connectivity index (χ2n) is 21.1. The Morgan fingerprint density at radius 1 is 0.364 bits per heavy atom. The molecule has 0 aromatic carbocycles. The third-order valence-corrected chi connectivity index (χ3v) is 14.4. The SMILES string of the molecule is CCCCCCCCCCCCCCCCCC(=O)OCCCCCCCCCCCCCCCCCCCCCCC(=O)NC(CO)C(O)CCCCCCCCCCCCCCCC. The monoisotopic (exact) mass is 934 g/mol. The second-order valence-corrected chi connectivity index (χ2v) is 21.1. The van der Waals surface area contributed by atoms with E-state index in [9.17, 15) is 19.8 Å². The lowest BCUT2D eigenvalue weighted by Crippen LogP contribution is -2.45. The fraction of sp³-hybridized carbons (Fsp3) is 0.967. The van der Waals surface area contributed by atoms with Gasteiger partial charge in [-0.25, -0.2) is 0 Å². The number of amides is 1. The minimum absolute atomic E-state index is 0.0145. The first-order valence-corrected chi connectivity index (χ1v) is 30.3. The molecule has 0 aromatic heterocycles. The van der Waals surface area contributed by atoms with Crippen molar-refractivity contribution in [2.24, 2.45) is 0 Å². The normalized spacial score (nSPS) is 12.5. The largest absolute Gasteiger partial charge is 0.466 e. The van der Waals surface area contributed by atoms with E-state index in [1.54, 1.807) is 0 Å². The first-order chi connectivity index (χ1) is 32.5. The molecule has 0 fully saturated rings. The van der Waals surface area contributed by atoms with Gasteiger partial charge in [0.2, 0.25) is 5.91 Å². The maximum absolute atomic E-state index is 12.5. The Bertz CT molecular complexity index is 944. The lowest BCUT2D eigenvalue weighted by atomic mass is 10.0. The Morgan fingerprint density at radius 2 is 0.621 bits per heavy atom. The van der Waals surface area contributed by atoms with Crippen LogP contribution >= 0.6 is 0 Å². The number of aliphatic hydroxyl groups excluding tert-OH is 2. The van der Waals surface area contributed by atoms with Gasteiger partial charge in [0.1, 0.15) is 0 Å². The maximum atomic E-state index is 12.5. The van der Waals surface area contributed by atoms with Gasteiger partial charge in [0, 0.05) is 12.8 Å². The molecule has 1 amide bonds. The van der Waals surface area contributed by atoms with E-state index in [4.69, 9.17) is 4.74 Å². The van der Waals surface area contributed by atoms with Crippen molar-refractivity contribution in [1.82, 2.24) is 5.32 Å². The lowest BCUT2D eigenvalue weighted by molar-refractivity contribution is -0.143. The topological polar surface area (TPSA) is 95.9 Å². The van der Waals surface area contributed by atoms with Crippen LogP contribution in [0.5, 0.6) is 0 Å². The smallest absolute Gasteiger partial charge is 0.305 e. The molecule has 0 saturated heterocycles. The molecule has 2 unspecified atom stereocenters. The Morgan fingerprint density at radius 3 is 0.924 bits per heavy atom. The van der Waals surface area contributed by atoms with Gasteiger partial charge in [0.25, 0.3) is 0 Å². The van der Waals surface area contributed by atoms with Gasteiger partial charge in [-0.2, -0.15) is 0 Å². The van der Waals surface area contributed by atoms with Crippen LogP contribution in [0.25, 0.3) is 0 Å². The molecule has 2 atom stereocenters. The van der Waals surface area contributed by atoms with Crippen molar-refractivity contribution in [3.05, 3.63) is 0 Å². The summed E-state index contributed by atoms with van der Waals surface area (Å²) in [5.74, 6) is -0.0197. The summed E-state index contributed by atoms with van der Waals surface area (Å²) in [6.07, 6.45) is 65.3. The summed E-state index contributed by atoms with van der Waals surface area (Å²) >= 11 is 0. The van der Waals surface area contributed by atoms with E-state index in [0.29, 0.717) is 25.9 Å². The summed E-state index contributed by atoms with van der Waals surface area (Å²) in [4.78, 5) is 24.5. The standard InChI is InChI=1S/C60H119NO5/c1-3-5-7-9-11-13-15-17-25-30-34-38-42-46-50-54-60(65)66-55-51-47-43-39-35-31-27-24-22-20-19-21-23-26-29-33-37-41-45-49-53-59(64)61-57(56-62)58(63)52-48-44-40-36-32-28-18-16-14-12-10-8-6-4-2/h57-58,62-63H,3-56H2,1-2H3,(H,61,64). The summed E-state index contributed by atoms with van der Waals surface area (Å²) in [7, 11) is 0. The molecule has 0 saturated carbocycles. The third-order valence-electron chi connectivity index (χ3n) is 14.4. The number of esters is 1. The lowest BCUT2D eigenvalue weighted by Gasteiger charge is -2.22. The molecule has 0 rings (SSSR count). The van der Waals surface area contributed by atoms with E-state index in [1.165, 1.54) is 276 Å². The van der Waals surface area contributed by atoms with Gasteiger partial charge in [-0.1, -0.05) is 309 Å². The molecule has 66 heavy (non-hydrogen) atoms. The van der Waals surface area contributed by atoms with E-state index in [2.05, 4.69) is 19.2 Å². The quantitative estimate of drug-likeness (QED) is 0.0417. The van der Waals surface area contributed by atoms with E-state index in [1.807, 2.05) is 0 Å². The van der Waals surface area contributed by atoms with E-state index in [0.717, 1.165) is 38.5 Å². The molecular formula is C60H119NO5. The number of rotatable bonds is 57. The highest BCUT2D eigenvalue weighted by Crippen LogP contribution is 2.18. The molecule has 0 aliphatic heterocycles. The Balaban J connectivity index is 3.36. The van der Waals surface area contributed by atoms with Gasteiger partial charge in [-0.05, 0) is 25.7 Å². The summed E-state index contributed by atoms with van der Waals surface area (Å²) in [5.41, 5.74) is 0. The summed E-state index contributed by atoms with van der Waals surface area (Å²) in [5, 5.41) is 23.3. The fourth-order valence-corrected chi connectivity index (χ4v) is 9.76. The van der Waals surface area contributed by atoms with E-state index < -0.39 is 12.1 Å². The van der Waals surface area contributed by atoms with Gasteiger partial charge >= 0.3 is 5.97 Å². The zero-order valence-corrected chi connectivity index (χ0v) is 45.0. The fourth-order valence-electron chi connectivity index (χ4n) is 9.76. The molecule has 3 N–H and O–H groups in total. The molecule has 0 aliphatic rings. The van der Waals surface area contributed by atoms with Gasteiger partial charge < -0.3 is 20.3 Å². The molecule has 6 nitrogen and oxygen atoms in total. The number of hydrogen-bond acceptors (Lipinski definition) is 5. The average molecular weight is 935 g/mol. The van der Waals surface area contributed by atoms with Crippen LogP contribution in [0.15, 0.2) is 0 Å². The Hall–Kier alpha value is -1.14. The van der Waals surface area contributed by atoms with Crippen molar-refractivity contribution >= 4 is 11.9 Å². The van der Waals surface area contributed by atoms with Crippen LogP contribution < -0.4 is 5.32 Å². The zero-order chi connectivity index (χ0) is 47.9. The van der Waals surface area contributed by atoms with E-state index in [-0.39, 0.29) is 18.5 Å². The Kier molecular flexibility index (Phi) is 55.5. The van der Waals surface area contributed by atoms with E-state index >= 15 is 0 Å². The highest BCUT2D eigenvalue weighted by Gasteiger charge is 2.20. The van der Waals surface area contributed by atoms with Crippen LogP contribution in [-0.4, -0.2) is 47.4 Å². The Labute approximate surface area is 413 Å². The van der Waals surface area contributed by atoms with Crippen molar-refractivity contribution in [3.8, 4) is 0 Å². The molecule has 0 radical (unpaired) electrons. The molecule has 0 spiro atoms. The number of nitrogens with one attached hydrogen (secondary N) is 1. The second kappa shape index (κ2) is 56.4. The highest BCUT2D eigenvalue weighted by molar-refractivity contribution is 5.76. The van der Waals surface area contributed by atoms with Gasteiger partial charge in [-0.15, -0.1) is 0 Å². The van der Waals surface area contributed by atoms with Crippen LogP contribution in [-0.2, 0) is 14.3 Å². The predicted molar refractivity (Wildman–Crippen MR) is 287 cm³/mol. The molecule has 0 heterocycles. The summed E-state index contributed by atoms with van der Waals surface area (Å²) in [6.45, 7) is 4.98. The predicted octanol–water partition coefficient (Wildman–Crippen LogP) is 18.7. The van der Waals surface area contributed by atoms with Crippen molar-refractivity contribution in [2.75, 3.05) is 13.2 Å². The van der Waals surface area contributed by atoms with Crippen molar-refractivity contribution < 1.29 is 24.5 Å². The molecule has 6 heteroatoms. The van der Waals surface area contributed by atoms with Gasteiger partial charge in [-0.3, -0.25) is 9.59 Å². The van der Waals surface area contributed by atoms with Crippen molar-refractivity contribution in [3.63, 3.8) is 0 Å². The summed E-state index contributed by atoms with van der Waals surface area (Å²) < 4.78 is 5.49. The molecule has 0 aromatic rings. The molecule has 0 bridgehead atoms. The van der Waals surface area contributed by atoms with Crippen LogP contribution in [0.1, 0.15) is 348 Å². The van der Waals surface area contributed by atoms with Crippen LogP contribution in [0.3, 0.4) is 0 Å². The average Bonchev–Trinajstić information content (AvgIpc) is 3.32. The number of hydrogen-bond donors (Lipinski definition) is 3. The highest BCUT2D eigenvalue weighted by atomic mass is 16.5. The van der Waals surface area contributed by atoms with Crippen molar-refractivity contribution in [2.45, 2.75) is 360 Å². The molecule has 394 valence electrons. The number of aliphatic hydroxyl groups is 2. The van der Waals surface area contributed by atoms with Crippen molar-refractivity contribution in [1.29, 1.82) is 0 Å². The zero-order valence-electron chi connectivity index (χ0n) is 45.0. The maximum Gasteiger partial charge on any atom is 0.305 e. The minimum atomic E-state index is -0.664. The first kappa shape index (κ1) is 64.9. The van der Waals surface area contributed by atoms with Crippen LogP contribution in [0.2, 0.25) is 0 Å². The van der Waals surface area contributed by atoms with Crippen LogP contribution in [0.4, 0.5) is 0 Å². The number of carbonyl (C=O) groups excluding carboxylic acids is 2. The number of unbranched alkanes of at least 4 members (excludes halogenated alkanes) is 46. The molecular weight excluding hydrogens is 815 g/mol. The van der Waals surface area contributed by atoms with Crippen LogP contribution in [0, 0.1) is 0 Å². The van der Waals surface area contributed by atoms with Gasteiger partial charge in [0.15, 0.2) is 0 Å². The number of carbonyl (C=O) groups is 2. The summed E-state index contributed by atoms with van der Waals surface area (Å²) in [6, 6.07) is -0.541. The first-order valence-electron chi connectivity index (χ1n) is 30.3. The molecule has 0 aliphatic carbocycles. The minimum Gasteiger partial charge on any atom is -0.466 e.